The minimum atomic E-state index is 0.822. The molecule has 31 heavy (non-hydrogen) atoms. The van der Waals surface area contributed by atoms with Gasteiger partial charge in [-0.25, -0.2) is 0 Å². The summed E-state index contributed by atoms with van der Waals surface area (Å²) in [5.74, 6) is 0. The van der Waals surface area contributed by atoms with Crippen molar-refractivity contribution in [3.05, 3.63) is 114 Å². The van der Waals surface area contributed by atoms with Gasteiger partial charge in [0, 0.05) is 25.6 Å². The fourth-order valence-electron chi connectivity index (χ4n) is 2.49. The third kappa shape index (κ3) is 9.55. The van der Waals surface area contributed by atoms with Gasteiger partial charge in [0.1, 0.15) is 0 Å². The summed E-state index contributed by atoms with van der Waals surface area (Å²) < 4.78 is 1.18. The zero-order valence-electron chi connectivity index (χ0n) is 17.7. The van der Waals surface area contributed by atoms with Crippen LogP contribution >= 0.6 is 39.5 Å². The summed E-state index contributed by atoms with van der Waals surface area (Å²) in [4.78, 5) is 2.55. The highest BCUT2D eigenvalue weighted by atomic mass is 79.9. The molecule has 0 amide bonds. The minimum absolute atomic E-state index is 0.822. The third-order valence-corrected chi connectivity index (χ3v) is 6.56. The van der Waals surface area contributed by atoms with Crippen molar-refractivity contribution in [1.29, 1.82) is 0 Å². The molecule has 0 aliphatic heterocycles. The molecule has 2 nitrogen and oxygen atoms in total. The van der Waals surface area contributed by atoms with Crippen LogP contribution in [0.4, 0.5) is 17.1 Å². The van der Waals surface area contributed by atoms with Crippen molar-refractivity contribution in [1.82, 2.24) is 0 Å². The van der Waals surface area contributed by atoms with Crippen LogP contribution in [0.5, 0.6) is 0 Å². The highest BCUT2D eigenvalue weighted by molar-refractivity contribution is 9.10. The van der Waals surface area contributed by atoms with E-state index >= 15 is 0 Å². The van der Waals surface area contributed by atoms with E-state index in [2.05, 4.69) is 70.2 Å². The quantitative estimate of drug-likeness (QED) is 0.213. The van der Waals surface area contributed by atoms with Crippen LogP contribution in [0.25, 0.3) is 0 Å². The van der Waals surface area contributed by atoms with Gasteiger partial charge in [0.05, 0.1) is 5.69 Å². The van der Waals surface area contributed by atoms with Crippen LogP contribution in [0, 0.1) is 0 Å². The lowest BCUT2D eigenvalue weighted by atomic mass is 10.3. The molecule has 0 saturated heterocycles. The van der Waals surface area contributed by atoms with Gasteiger partial charge in [0.25, 0.3) is 0 Å². The summed E-state index contributed by atoms with van der Waals surface area (Å²) in [5.41, 5.74) is 8.47. The van der Waals surface area contributed by atoms with Crippen LogP contribution in [0.3, 0.4) is 0 Å². The second-order valence-electron chi connectivity index (χ2n) is 6.24. The molecule has 5 heteroatoms. The molecule has 160 valence electrons. The topological polar surface area (TPSA) is 38.0 Å². The Morgan fingerprint density at radius 1 is 0.613 bits per heavy atom. The number of anilines is 3. The SMILES string of the molecule is CSc1ccccc1Br.CSc1ccccc1Nc1ccccc1.Nc1ccccc1. The molecule has 0 heterocycles. The van der Waals surface area contributed by atoms with Gasteiger partial charge in [0.15, 0.2) is 0 Å². The Morgan fingerprint density at radius 3 is 1.58 bits per heavy atom. The number of hydrogen-bond donors (Lipinski definition) is 2. The van der Waals surface area contributed by atoms with Gasteiger partial charge in [-0.1, -0.05) is 60.7 Å². The average Bonchev–Trinajstić information content (AvgIpc) is 2.82. The van der Waals surface area contributed by atoms with Crippen molar-refractivity contribution < 1.29 is 0 Å². The van der Waals surface area contributed by atoms with Crippen molar-refractivity contribution in [3.8, 4) is 0 Å². The first-order valence-electron chi connectivity index (χ1n) is 9.68. The predicted molar refractivity (Wildman–Crippen MR) is 145 cm³/mol. The molecule has 0 spiro atoms. The Bertz CT molecular complexity index is 1010. The van der Waals surface area contributed by atoms with E-state index in [4.69, 9.17) is 5.73 Å². The van der Waals surface area contributed by atoms with Gasteiger partial charge in [-0.2, -0.15) is 0 Å². The van der Waals surface area contributed by atoms with Crippen LogP contribution in [0.15, 0.2) is 123 Å². The average molecular weight is 512 g/mol. The number of hydrogen-bond acceptors (Lipinski definition) is 4. The van der Waals surface area contributed by atoms with E-state index in [1.54, 1.807) is 23.5 Å². The van der Waals surface area contributed by atoms with Crippen LogP contribution in [-0.4, -0.2) is 12.5 Å². The van der Waals surface area contributed by atoms with Gasteiger partial charge >= 0.3 is 0 Å². The fourth-order valence-corrected chi connectivity index (χ4v) is 4.29. The van der Waals surface area contributed by atoms with E-state index in [1.165, 1.54) is 14.3 Å². The first-order chi connectivity index (χ1) is 15.1. The third-order valence-electron chi connectivity index (χ3n) is 4.02. The van der Waals surface area contributed by atoms with Crippen molar-refractivity contribution in [2.75, 3.05) is 23.6 Å². The first-order valence-corrected chi connectivity index (χ1v) is 12.9. The molecule has 0 aliphatic carbocycles. The number of benzene rings is 4. The number of rotatable bonds is 4. The van der Waals surface area contributed by atoms with E-state index in [-0.39, 0.29) is 0 Å². The Labute approximate surface area is 202 Å². The molecule has 4 aromatic carbocycles. The molecule has 0 fully saturated rings. The minimum Gasteiger partial charge on any atom is -0.399 e. The maximum absolute atomic E-state index is 5.36. The van der Waals surface area contributed by atoms with Gasteiger partial charge in [-0.05, 0) is 77.0 Å². The highest BCUT2D eigenvalue weighted by Gasteiger charge is 1.99. The molecule has 0 radical (unpaired) electrons. The van der Waals surface area contributed by atoms with Gasteiger partial charge in [-0.3, -0.25) is 0 Å². The van der Waals surface area contributed by atoms with E-state index < -0.39 is 0 Å². The molecule has 0 bridgehead atoms. The molecule has 0 aliphatic rings. The molecule has 3 N–H and O–H groups in total. The number of halogens is 1. The van der Waals surface area contributed by atoms with Gasteiger partial charge in [-0.15, -0.1) is 23.5 Å². The molecule has 0 aromatic heterocycles. The summed E-state index contributed by atoms with van der Waals surface area (Å²) >= 11 is 6.94. The zero-order valence-corrected chi connectivity index (χ0v) is 20.9. The monoisotopic (exact) mass is 510 g/mol. The number of nitrogens with two attached hydrogens (primary N) is 1. The second-order valence-corrected chi connectivity index (χ2v) is 8.79. The molecule has 0 unspecified atom stereocenters. The number of thioether (sulfide) groups is 2. The van der Waals surface area contributed by atoms with Crippen molar-refractivity contribution in [3.63, 3.8) is 0 Å². The van der Waals surface area contributed by atoms with E-state index in [0.29, 0.717) is 0 Å². The number of nitrogens with one attached hydrogen (secondary N) is 1. The first kappa shape index (κ1) is 24.9. The van der Waals surface area contributed by atoms with Crippen molar-refractivity contribution in [2.45, 2.75) is 9.79 Å². The molecule has 0 saturated carbocycles. The van der Waals surface area contributed by atoms with E-state index in [9.17, 15) is 0 Å². The predicted octanol–water partition coefficient (Wildman–Crippen LogP) is 8.59. The summed E-state index contributed by atoms with van der Waals surface area (Å²) in [6, 6.07) is 36.2. The standard InChI is InChI=1S/C13H13NS.C7H7BrS.C6H7N/c1-15-13-10-6-5-9-12(13)14-11-7-3-2-4-8-11;1-9-7-5-3-2-4-6(7)8;7-6-4-2-1-3-5-6/h2-10,14H,1H3;2-5H,1H3;1-5H,7H2. The zero-order chi connectivity index (χ0) is 22.3. The summed E-state index contributed by atoms with van der Waals surface area (Å²) in [6.07, 6.45) is 4.16. The largest absolute Gasteiger partial charge is 0.399 e. The van der Waals surface area contributed by atoms with E-state index in [1.807, 2.05) is 72.8 Å². The lowest BCUT2D eigenvalue weighted by Crippen LogP contribution is -1.91. The summed E-state index contributed by atoms with van der Waals surface area (Å²) in [7, 11) is 0. The van der Waals surface area contributed by atoms with E-state index in [0.717, 1.165) is 17.1 Å². The van der Waals surface area contributed by atoms with Crippen molar-refractivity contribution in [2.24, 2.45) is 0 Å². The number of nitrogen functional groups attached to an aromatic ring is 1. The molecule has 0 atom stereocenters. The lowest BCUT2D eigenvalue weighted by molar-refractivity contribution is 1.41. The van der Waals surface area contributed by atoms with Gasteiger partial charge < -0.3 is 11.1 Å². The smallest absolute Gasteiger partial charge is 0.0522 e. The second kappa shape index (κ2) is 14.6. The maximum atomic E-state index is 5.36. The normalized spacial score (nSPS) is 9.52. The maximum Gasteiger partial charge on any atom is 0.0522 e. The lowest BCUT2D eigenvalue weighted by Gasteiger charge is -2.09. The Hall–Kier alpha value is -2.34. The van der Waals surface area contributed by atoms with Crippen LogP contribution in [-0.2, 0) is 0 Å². The fraction of sp³-hybridized carbons (Fsp3) is 0.0769. The van der Waals surface area contributed by atoms with Gasteiger partial charge in [0.2, 0.25) is 0 Å². The Morgan fingerprint density at radius 2 is 1.10 bits per heavy atom. The highest BCUT2D eigenvalue weighted by Crippen LogP contribution is 2.27. The Balaban J connectivity index is 0.000000181. The Kier molecular flexibility index (Phi) is 11.8. The molecule has 4 aromatic rings. The van der Waals surface area contributed by atoms with Crippen LogP contribution in [0.2, 0.25) is 0 Å². The molecule has 4 rings (SSSR count). The van der Waals surface area contributed by atoms with Crippen molar-refractivity contribution >= 4 is 56.5 Å². The molecular formula is C26H27BrN2S2. The number of para-hydroxylation sites is 3. The van der Waals surface area contributed by atoms with Crippen LogP contribution < -0.4 is 11.1 Å². The van der Waals surface area contributed by atoms with Crippen LogP contribution in [0.1, 0.15) is 0 Å². The summed E-state index contributed by atoms with van der Waals surface area (Å²) in [6.45, 7) is 0. The summed E-state index contributed by atoms with van der Waals surface area (Å²) in [5, 5.41) is 3.40. The molecular weight excluding hydrogens is 484 g/mol.